The molecule has 1 aliphatic carbocycles. The zero-order valence-corrected chi connectivity index (χ0v) is 12.9. The highest BCUT2D eigenvalue weighted by molar-refractivity contribution is 5.38. The average Bonchev–Trinajstić information content (AvgIpc) is 3.22. The van der Waals surface area contributed by atoms with Gasteiger partial charge in [-0.1, -0.05) is 47.6 Å². The molecule has 0 unspecified atom stereocenters. The van der Waals surface area contributed by atoms with E-state index < -0.39 is 0 Å². The lowest BCUT2D eigenvalue weighted by Gasteiger charge is -2.10. The van der Waals surface area contributed by atoms with Gasteiger partial charge in [-0.15, -0.1) is 0 Å². The topological polar surface area (TPSA) is 55.6 Å². The number of nitrogens with zero attached hydrogens (tertiary/aromatic N) is 4. The van der Waals surface area contributed by atoms with Gasteiger partial charge < -0.3 is 5.32 Å². The van der Waals surface area contributed by atoms with Crippen LogP contribution < -0.4 is 5.32 Å². The molecule has 1 heterocycles. The van der Waals surface area contributed by atoms with Gasteiger partial charge >= 0.3 is 0 Å². The SMILES string of the molecule is c1ccc(-n2nnnc2NCCC2Cc3ccccc3C2)cc1. The molecule has 0 aliphatic heterocycles. The molecular formula is C18H19N5. The van der Waals surface area contributed by atoms with Crippen LogP contribution in [0.15, 0.2) is 54.6 Å². The van der Waals surface area contributed by atoms with Gasteiger partial charge in [-0.3, -0.25) is 0 Å². The van der Waals surface area contributed by atoms with Gasteiger partial charge in [0, 0.05) is 6.54 Å². The third-order valence-corrected chi connectivity index (χ3v) is 4.44. The van der Waals surface area contributed by atoms with Gasteiger partial charge in [0.1, 0.15) is 0 Å². The first kappa shape index (κ1) is 13.9. The van der Waals surface area contributed by atoms with Crippen LogP contribution in [0.1, 0.15) is 17.5 Å². The van der Waals surface area contributed by atoms with Gasteiger partial charge in [0.25, 0.3) is 0 Å². The molecule has 0 radical (unpaired) electrons. The minimum Gasteiger partial charge on any atom is -0.353 e. The first-order valence-electron chi connectivity index (χ1n) is 8.04. The monoisotopic (exact) mass is 305 g/mol. The first-order valence-corrected chi connectivity index (χ1v) is 8.04. The van der Waals surface area contributed by atoms with Crippen LogP contribution in [0.4, 0.5) is 5.95 Å². The summed E-state index contributed by atoms with van der Waals surface area (Å²) < 4.78 is 1.74. The van der Waals surface area contributed by atoms with E-state index in [9.17, 15) is 0 Å². The highest BCUT2D eigenvalue weighted by Crippen LogP contribution is 2.28. The fourth-order valence-electron chi connectivity index (χ4n) is 3.28. The van der Waals surface area contributed by atoms with Gasteiger partial charge in [0.05, 0.1) is 5.69 Å². The van der Waals surface area contributed by atoms with Crippen molar-refractivity contribution >= 4 is 5.95 Å². The standard InChI is InChI=1S/C18H19N5/c1-2-8-17(9-3-1)23-18(20-21-22-23)19-11-10-14-12-15-6-4-5-7-16(15)13-14/h1-9,14H,10-13H2,(H,19,20,22). The fourth-order valence-corrected chi connectivity index (χ4v) is 3.28. The molecule has 0 atom stereocenters. The summed E-state index contributed by atoms with van der Waals surface area (Å²) in [5.74, 6) is 1.41. The Morgan fingerprint density at radius 3 is 2.39 bits per heavy atom. The minimum absolute atomic E-state index is 0.701. The van der Waals surface area contributed by atoms with Crippen molar-refractivity contribution in [1.82, 2.24) is 20.2 Å². The zero-order chi connectivity index (χ0) is 15.5. The quantitative estimate of drug-likeness (QED) is 0.787. The number of aromatic nitrogens is 4. The number of rotatable bonds is 5. The number of hydrogen-bond acceptors (Lipinski definition) is 4. The molecule has 0 saturated heterocycles. The molecule has 116 valence electrons. The van der Waals surface area contributed by atoms with Crippen LogP contribution in [-0.4, -0.2) is 26.8 Å². The van der Waals surface area contributed by atoms with Gasteiger partial charge in [-0.05, 0) is 58.9 Å². The Labute approximate surface area is 135 Å². The number of tetrazole rings is 1. The summed E-state index contributed by atoms with van der Waals surface area (Å²) in [6, 6.07) is 18.7. The maximum atomic E-state index is 4.09. The summed E-state index contributed by atoms with van der Waals surface area (Å²) in [4.78, 5) is 0. The Kier molecular flexibility index (Phi) is 3.76. The second-order valence-electron chi connectivity index (χ2n) is 6.01. The molecule has 4 rings (SSSR count). The van der Waals surface area contributed by atoms with Crippen molar-refractivity contribution in [2.75, 3.05) is 11.9 Å². The number of benzene rings is 2. The molecule has 2 aromatic carbocycles. The summed E-state index contributed by atoms with van der Waals surface area (Å²) >= 11 is 0. The molecule has 1 N–H and O–H groups in total. The second-order valence-corrected chi connectivity index (χ2v) is 6.01. The Hall–Kier alpha value is -2.69. The van der Waals surface area contributed by atoms with Crippen LogP contribution >= 0.6 is 0 Å². The molecule has 0 spiro atoms. The van der Waals surface area contributed by atoms with Crippen molar-refractivity contribution in [3.8, 4) is 5.69 Å². The fraction of sp³-hybridized carbons (Fsp3) is 0.278. The third-order valence-electron chi connectivity index (χ3n) is 4.44. The molecule has 1 aliphatic rings. The number of para-hydroxylation sites is 1. The van der Waals surface area contributed by atoms with Crippen LogP contribution in [0.25, 0.3) is 5.69 Å². The minimum atomic E-state index is 0.701. The highest BCUT2D eigenvalue weighted by Gasteiger charge is 2.20. The molecular weight excluding hydrogens is 286 g/mol. The van der Waals surface area contributed by atoms with Gasteiger partial charge in [0.2, 0.25) is 5.95 Å². The Balaban J connectivity index is 1.36. The Morgan fingerprint density at radius 2 is 1.65 bits per heavy atom. The van der Waals surface area contributed by atoms with Crippen LogP contribution in [0.3, 0.4) is 0 Å². The van der Waals surface area contributed by atoms with E-state index in [1.165, 1.54) is 24.0 Å². The van der Waals surface area contributed by atoms with Crippen LogP contribution in [-0.2, 0) is 12.8 Å². The lowest BCUT2D eigenvalue weighted by atomic mass is 10.0. The predicted octanol–water partition coefficient (Wildman–Crippen LogP) is 2.88. The second kappa shape index (κ2) is 6.20. The molecule has 0 amide bonds. The first-order chi connectivity index (χ1) is 11.4. The van der Waals surface area contributed by atoms with Gasteiger partial charge in [-0.2, -0.15) is 4.68 Å². The lowest BCUT2D eigenvalue weighted by molar-refractivity contribution is 0.529. The van der Waals surface area contributed by atoms with E-state index in [0.29, 0.717) is 11.9 Å². The van der Waals surface area contributed by atoms with Crippen molar-refractivity contribution < 1.29 is 0 Å². The summed E-state index contributed by atoms with van der Waals surface area (Å²) in [5, 5.41) is 15.3. The number of fused-ring (bicyclic) bond motifs is 1. The average molecular weight is 305 g/mol. The van der Waals surface area contributed by atoms with Crippen molar-refractivity contribution in [2.45, 2.75) is 19.3 Å². The molecule has 1 aromatic heterocycles. The molecule has 0 saturated carbocycles. The normalized spacial score (nSPS) is 13.9. The summed E-state index contributed by atoms with van der Waals surface area (Å²) in [6.45, 7) is 0.881. The zero-order valence-electron chi connectivity index (χ0n) is 12.9. The van der Waals surface area contributed by atoms with E-state index in [2.05, 4.69) is 45.1 Å². The van der Waals surface area contributed by atoms with E-state index in [1.54, 1.807) is 4.68 Å². The maximum absolute atomic E-state index is 4.09. The van der Waals surface area contributed by atoms with E-state index in [0.717, 1.165) is 18.7 Å². The van der Waals surface area contributed by atoms with Gasteiger partial charge in [-0.25, -0.2) is 0 Å². The Morgan fingerprint density at radius 1 is 0.957 bits per heavy atom. The molecule has 0 bridgehead atoms. The highest BCUT2D eigenvalue weighted by atomic mass is 15.6. The predicted molar refractivity (Wildman–Crippen MR) is 89.6 cm³/mol. The van der Waals surface area contributed by atoms with Crippen molar-refractivity contribution in [3.05, 3.63) is 65.7 Å². The number of anilines is 1. The van der Waals surface area contributed by atoms with E-state index in [1.807, 2.05) is 30.3 Å². The maximum Gasteiger partial charge on any atom is 0.247 e. The lowest BCUT2D eigenvalue weighted by Crippen LogP contribution is -2.12. The molecule has 5 heteroatoms. The van der Waals surface area contributed by atoms with Crippen LogP contribution in [0.2, 0.25) is 0 Å². The number of hydrogen-bond donors (Lipinski definition) is 1. The van der Waals surface area contributed by atoms with Crippen LogP contribution in [0, 0.1) is 5.92 Å². The van der Waals surface area contributed by atoms with Crippen molar-refractivity contribution in [2.24, 2.45) is 5.92 Å². The van der Waals surface area contributed by atoms with Crippen LogP contribution in [0.5, 0.6) is 0 Å². The third kappa shape index (κ3) is 2.95. The summed E-state index contributed by atoms with van der Waals surface area (Å²) in [5.41, 5.74) is 3.98. The molecule has 5 nitrogen and oxygen atoms in total. The number of nitrogens with one attached hydrogen (secondary N) is 1. The largest absolute Gasteiger partial charge is 0.353 e. The van der Waals surface area contributed by atoms with Crippen molar-refractivity contribution in [3.63, 3.8) is 0 Å². The smallest absolute Gasteiger partial charge is 0.247 e. The molecule has 0 fully saturated rings. The van der Waals surface area contributed by atoms with E-state index in [-0.39, 0.29) is 0 Å². The molecule has 23 heavy (non-hydrogen) atoms. The summed E-state index contributed by atoms with van der Waals surface area (Å²) in [7, 11) is 0. The van der Waals surface area contributed by atoms with E-state index in [4.69, 9.17) is 0 Å². The summed E-state index contributed by atoms with van der Waals surface area (Å²) in [6.07, 6.45) is 3.49. The van der Waals surface area contributed by atoms with Gasteiger partial charge in [0.15, 0.2) is 0 Å². The Bertz CT molecular complexity index is 756. The van der Waals surface area contributed by atoms with Crippen molar-refractivity contribution in [1.29, 1.82) is 0 Å². The van der Waals surface area contributed by atoms with E-state index >= 15 is 0 Å². The molecule has 3 aromatic rings.